The Morgan fingerprint density at radius 1 is 1.33 bits per heavy atom. The third-order valence-corrected chi connectivity index (χ3v) is 8.20. The van der Waals surface area contributed by atoms with Gasteiger partial charge in [-0.05, 0) is 60.0 Å². The molecule has 2 N–H and O–H groups in total. The van der Waals surface area contributed by atoms with E-state index in [4.69, 9.17) is 9.72 Å². The summed E-state index contributed by atoms with van der Waals surface area (Å²) in [5.41, 5.74) is 2.11. The smallest absolute Gasteiger partial charge is 0.243 e. The summed E-state index contributed by atoms with van der Waals surface area (Å²) >= 11 is 0. The van der Waals surface area contributed by atoms with E-state index in [9.17, 15) is 4.21 Å². The van der Waals surface area contributed by atoms with Crippen LogP contribution in [0.15, 0.2) is 18.7 Å². The van der Waals surface area contributed by atoms with Crippen molar-refractivity contribution in [3.8, 4) is 17.0 Å². The maximum atomic E-state index is 12.9. The number of nitrogens with zero attached hydrogens (tertiary/aromatic N) is 7. The Bertz CT molecular complexity index is 1150. The average molecular weight is 518 g/mol. The summed E-state index contributed by atoms with van der Waals surface area (Å²) in [6.45, 7) is 13.0. The van der Waals surface area contributed by atoms with E-state index in [2.05, 4.69) is 62.6 Å². The van der Waals surface area contributed by atoms with Crippen LogP contribution in [0.25, 0.3) is 16.9 Å². The van der Waals surface area contributed by atoms with Gasteiger partial charge in [-0.3, -0.25) is 5.10 Å². The molecular formula is C24H39N9O2S. The zero-order chi connectivity index (χ0) is 25.8. The molecule has 1 saturated heterocycles. The van der Waals surface area contributed by atoms with E-state index >= 15 is 0 Å². The van der Waals surface area contributed by atoms with E-state index in [1.807, 2.05) is 13.8 Å². The molecule has 3 atom stereocenters. The number of hydrogen-bond acceptors (Lipinski definition) is 8. The Kier molecular flexibility index (Phi) is 8.58. The zero-order valence-electron chi connectivity index (χ0n) is 22.1. The molecule has 4 rings (SSSR count). The van der Waals surface area contributed by atoms with Crippen molar-refractivity contribution in [2.24, 2.45) is 5.92 Å². The fourth-order valence-corrected chi connectivity index (χ4v) is 5.67. The number of H-pyrrole nitrogens is 1. The van der Waals surface area contributed by atoms with E-state index in [1.54, 1.807) is 23.2 Å². The van der Waals surface area contributed by atoms with Crippen LogP contribution in [0.3, 0.4) is 0 Å². The molecule has 36 heavy (non-hydrogen) atoms. The number of aromatic nitrogens is 6. The lowest BCUT2D eigenvalue weighted by Gasteiger charge is -2.36. The molecule has 11 nitrogen and oxygen atoms in total. The Hall–Kier alpha value is -2.57. The van der Waals surface area contributed by atoms with Crippen molar-refractivity contribution in [2.75, 3.05) is 37.8 Å². The van der Waals surface area contributed by atoms with Gasteiger partial charge in [-0.1, -0.05) is 6.92 Å². The van der Waals surface area contributed by atoms with E-state index in [1.165, 1.54) is 0 Å². The Labute approximate surface area is 215 Å². The number of piperidine rings is 1. The zero-order valence-corrected chi connectivity index (χ0v) is 23.0. The molecule has 0 saturated carbocycles. The largest absolute Gasteiger partial charge is 0.485 e. The predicted molar refractivity (Wildman–Crippen MR) is 142 cm³/mol. The van der Waals surface area contributed by atoms with Crippen molar-refractivity contribution >= 4 is 22.6 Å². The number of fused-ring (bicyclic) bond motifs is 1. The van der Waals surface area contributed by atoms with Gasteiger partial charge < -0.3 is 15.0 Å². The highest BCUT2D eigenvalue weighted by molar-refractivity contribution is 7.82. The van der Waals surface area contributed by atoms with Gasteiger partial charge in [-0.2, -0.15) is 14.6 Å². The summed E-state index contributed by atoms with van der Waals surface area (Å²) in [5, 5.41) is 15.0. The summed E-state index contributed by atoms with van der Waals surface area (Å²) in [7, 11) is 1.17. The van der Waals surface area contributed by atoms with Crippen molar-refractivity contribution in [3.05, 3.63) is 18.7 Å². The monoisotopic (exact) mass is 517 g/mol. The number of nitrogens with one attached hydrogen (secondary N) is 2. The molecule has 0 spiro atoms. The molecule has 3 unspecified atom stereocenters. The molecular weight excluding hydrogens is 478 g/mol. The van der Waals surface area contributed by atoms with Crippen molar-refractivity contribution in [1.29, 1.82) is 0 Å². The maximum absolute atomic E-state index is 12.9. The van der Waals surface area contributed by atoms with Crippen molar-refractivity contribution in [2.45, 2.75) is 65.6 Å². The summed E-state index contributed by atoms with van der Waals surface area (Å²) in [6, 6.07) is 0.702. The van der Waals surface area contributed by atoms with Gasteiger partial charge in [0.2, 0.25) is 11.6 Å². The number of aromatic amines is 1. The third kappa shape index (κ3) is 6.22. The lowest BCUT2D eigenvalue weighted by atomic mass is 9.95. The number of anilines is 1. The van der Waals surface area contributed by atoms with Gasteiger partial charge in [0.1, 0.15) is 12.0 Å². The minimum atomic E-state index is -0.946. The molecule has 198 valence electrons. The van der Waals surface area contributed by atoms with Crippen LogP contribution in [0.2, 0.25) is 0 Å². The summed E-state index contributed by atoms with van der Waals surface area (Å²) < 4.78 is 22.7. The van der Waals surface area contributed by atoms with Crippen LogP contribution in [0.1, 0.15) is 47.5 Å². The highest BCUT2D eigenvalue weighted by atomic mass is 32.2. The first-order valence-electron chi connectivity index (χ1n) is 12.7. The Morgan fingerprint density at radius 3 is 2.81 bits per heavy atom. The van der Waals surface area contributed by atoms with Crippen molar-refractivity contribution < 1.29 is 8.95 Å². The van der Waals surface area contributed by atoms with E-state index in [0.29, 0.717) is 40.8 Å². The molecule has 0 amide bonds. The van der Waals surface area contributed by atoms with Crippen LogP contribution in [0.5, 0.6) is 5.75 Å². The molecule has 0 aromatic carbocycles. The van der Waals surface area contributed by atoms with Crippen molar-refractivity contribution in [3.63, 3.8) is 0 Å². The van der Waals surface area contributed by atoms with Crippen LogP contribution < -0.4 is 10.1 Å². The number of ether oxygens (including phenoxy) is 1. The third-order valence-electron chi connectivity index (χ3n) is 6.65. The lowest BCUT2D eigenvalue weighted by Crippen LogP contribution is -2.46. The van der Waals surface area contributed by atoms with Gasteiger partial charge >= 0.3 is 0 Å². The van der Waals surface area contributed by atoms with E-state index in [-0.39, 0.29) is 12.1 Å². The minimum Gasteiger partial charge on any atom is -0.485 e. The van der Waals surface area contributed by atoms with Crippen LogP contribution in [-0.4, -0.2) is 93.8 Å². The normalized spacial score (nSPS) is 20.0. The first kappa shape index (κ1) is 26.5. The van der Waals surface area contributed by atoms with Crippen LogP contribution in [0.4, 0.5) is 5.95 Å². The molecule has 0 radical (unpaired) electrons. The maximum Gasteiger partial charge on any atom is 0.243 e. The molecule has 3 aromatic heterocycles. The van der Waals surface area contributed by atoms with Crippen molar-refractivity contribution in [1.82, 2.24) is 39.0 Å². The number of rotatable bonds is 11. The standard InChI is InChI=1S/C24H39N9O2S/c1-16(2)31(6)9-7-11-36(34)32-10-8-20(18(5)14-32)28-24-29-23-22(35-17(3)4)21(19-12-26-27-13-19)25-15-33(23)30-24/h12-13,15-18,20H,7-11,14H2,1-6H3,(H,26,27)(H,28,30). The van der Waals surface area contributed by atoms with Gasteiger partial charge in [0.05, 0.1) is 23.3 Å². The second-order valence-electron chi connectivity index (χ2n) is 10.1. The lowest BCUT2D eigenvalue weighted by molar-refractivity contribution is 0.244. The fraction of sp³-hybridized carbons (Fsp3) is 0.667. The second-order valence-corrected chi connectivity index (χ2v) is 11.7. The van der Waals surface area contributed by atoms with E-state index in [0.717, 1.165) is 38.0 Å². The Morgan fingerprint density at radius 2 is 2.14 bits per heavy atom. The summed E-state index contributed by atoms with van der Waals surface area (Å²) in [6.07, 6.45) is 6.91. The molecule has 0 bridgehead atoms. The van der Waals surface area contributed by atoms with Crippen LogP contribution in [-0.2, 0) is 11.0 Å². The first-order chi connectivity index (χ1) is 17.2. The first-order valence-corrected chi connectivity index (χ1v) is 14.0. The molecule has 12 heteroatoms. The van der Waals surface area contributed by atoms with Crippen LogP contribution >= 0.6 is 0 Å². The fourth-order valence-electron chi connectivity index (χ4n) is 4.32. The molecule has 0 aliphatic carbocycles. The Balaban J connectivity index is 1.41. The van der Waals surface area contributed by atoms with Gasteiger partial charge in [0.15, 0.2) is 5.75 Å². The topological polar surface area (TPSA) is 117 Å². The van der Waals surface area contributed by atoms with Gasteiger partial charge in [-0.15, -0.1) is 5.10 Å². The second kappa shape index (κ2) is 11.7. The molecule has 4 heterocycles. The molecule has 1 fully saturated rings. The average Bonchev–Trinajstić information content (AvgIpc) is 3.50. The molecule has 3 aromatic rings. The van der Waals surface area contributed by atoms with Gasteiger partial charge in [0.25, 0.3) is 0 Å². The summed E-state index contributed by atoms with van der Waals surface area (Å²) in [4.78, 5) is 11.6. The number of hydrogen-bond donors (Lipinski definition) is 2. The van der Waals surface area contributed by atoms with E-state index < -0.39 is 11.0 Å². The highest BCUT2D eigenvalue weighted by Gasteiger charge is 2.30. The summed E-state index contributed by atoms with van der Waals surface area (Å²) in [5.74, 6) is 2.13. The predicted octanol–water partition coefficient (Wildman–Crippen LogP) is 2.82. The molecule has 1 aliphatic heterocycles. The quantitative estimate of drug-likeness (QED) is 0.399. The van der Waals surface area contributed by atoms with Crippen LogP contribution in [0, 0.1) is 5.92 Å². The van der Waals surface area contributed by atoms with Gasteiger partial charge in [0, 0.05) is 42.7 Å². The SMILES string of the molecule is CC(C)Oc1c(-c2cn[nH]c2)ncn2nc(NC3CCN(S(=O)CCCN(C)C(C)C)CC3C)nc12. The highest BCUT2D eigenvalue weighted by Crippen LogP contribution is 2.32. The molecule has 1 aliphatic rings. The van der Waals surface area contributed by atoms with Gasteiger partial charge in [-0.25, -0.2) is 13.5 Å². The minimum absolute atomic E-state index is 0.0484.